The van der Waals surface area contributed by atoms with E-state index in [2.05, 4.69) is 4.72 Å². The number of carbonyl (C=O) groups excluding carboxylic acids is 1. The molecule has 3 rings (SSSR count). The number of aryl methyl sites for hydroxylation is 3. The van der Waals surface area contributed by atoms with Gasteiger partial charge in [-0.3, -0.25) is 0 Å². The van der Waals surface area contributed by atoms with Crippen LogP contribution >= 0.6 is 0 Å². The van der Waals surface area contributed by atoms with Crippen LogP contribution in [0.3, 0.4) is 0 Å². The molecule has 1 aromatic heterocycles. The number of rotatable bonds is 8. The summed E-state index contributed by atoms with van der Waals surface area (Å²) < 4.78 is 39.5. The molecule has 176 valence electrons. The third-order valence-corrected chi connectivity index (χ3v) is 7.16. The maximum atomic E-state index is 13.3. The molecule has 0 bridgehead atoms. The number of hydrogen-bond acceptors (Lipinski definition) is 6. The summed E-state index contributed by atoms with van der Waals surface area (Å²) in [7, 11) is -3.95. The Morgan fingerprint density at radius 3 is 2.33 bits per heavy atom. The van der Waals surface area contributed by atoms with Crippen molar-refractivity contribution < 1.29 is 22.4 Å². The van der Waals surface area contributed by atoms with Crippen LogP contribution in [0.15, 0.2) is 56.6 Å². The van der Waals surface area contributed by atoms with E-state index >= 15 is 0 Å². The zero-order valence-corrected chi connectivity index (χ0v) is 20.3. The number of fused-ring (bicyclic) bond motifs is 1. The number of nitrogens with one attached hydrogen (secondary N) is 1. The first-order valence-electron chi connectivity index (χ1n) is 10.9. The van der Waals surface area contributed by atoms with Gasteiger partial charge in [0.25, 0.3) is 0 Å². The van der Waals surface area contributed by atoms with Crippen LogP contribution in [0.2, 0.25) is 0 Å². The van der Waals surface area contributed by atoms with Crippen molar-refractivity contribution in [3.8, 4) is 5.75 Å². The second-order valence-corrected chi connectivity index (χ2v) is 10.0. The average molecular weight is 472 g/mol. The lowest BCUT2D eigenvalue weighted by Crippen LogP contribution is -2.47. The Bertz CT molecular complexity index is 1330. The van der Waals surface area contributed by atoms with E-state index in [-0.39, 0.29) is 16.6 Å². The molecule has 0 saturated carbocycles. The van der Waals surface area contributed by atoms with Gasteiger partial charge in [-0.1, -0.05) is 44.9 Å². The summed E-state index contributed by atoms with van der Waals surface area (Å²) in [5.74, 6) is -0.809. The van der Waals surface area contributed by atoms with Crippen molar-refractivity contribution in [2.45, 2.75) is 58.4 Å². The number of carbonyl (C=O) groups is 1. The summed E-state index contributed by atoms with van der Waals surface area (Å²) in [5, 5.41) is 0.528. The molecule has 1 N–H and O–H groups in total. The maximum absolute atomic E-state index is 13.3. The van der Waals surface area contributed by atoms with E-state index in [1.807, 2.05) is 20.8 Å². The molecule has 1 heterocycles. The molecule has 0 spiro atoms. The van der Waals surface area contributed by atoms with Gasteiger partial charge in [-0.15, -0.1) is 0 Å². The molecule has 2 atom stereocenters. The van der Waals surface area contributed by atoms with Crippen LogP contribution in [0, 0.1) is 19.8 Å². The highest BCUT2D eigenvalue weighted by Crippen LogP contribution is 2.31. The van der Waals surface area contributed by atoms with Crippen LogP contribution in [0.4, 0.5) is 0 Å². The van der Waals surface area contributed by atoms with Gasteiger partial charge in [0, 0.05) is 6.07 Å². The Balaban J connectivity index is 2.00. The lowest BCUT2D eigenvalue weighted by atomic mass is 10.00. The fourth-order valence-corrected chi connectivity index (χ4v) is 4.88. The summed E-state index contributed by atoms with van der Waals surface area (Å²) in [6, 6.07) is 10.1. The van der Waals surface area contributed by atoms with Gasteiger partial charge in [-0.25, -0.2) is 18.0 Å². The summed E-state index contributed by atoms with van der Waals surface area (Å²) in [4.78, 5) is 25.2. The minimum Gasteiger partial charge on any atom is -0.425 e. The molecule has 2 aromatic carbocycles. The van der Waals surface area contributed by atoms with Crippen LogP contribution in [0.1, 0.15) is 43.9 Å². The normalized spacial score (nSPS) is 13.6. The Morgan fingerprint density at radius 2 is 1.73 bits per heavy atom. The van der Waals surface area contributed by atoms with Gasteiger partial charge in [-0.2, -0.15) is 4.72 Å². The molecule has 0 aliphatic carbocycles. The summed E-state index contributed by atoms with van der Waals surface area (Å²) in [6.07, 6.45) is 1.09. The fraction of sp³-hybridized carbons (Fsp3) is 0.360. The van der Waals surface area contributed by atoms with Crippen molar-refractivity contribution in [1.82, 2.24) is 4.72 Å². The van der Waals surface area contributed by atoms with Crippen molar-refractivity contribution >= 4 is 27.0 Å². The molecule has 0 saturated heterocycles. The minimum absolute atomic E-state index is 0.0743. The number of benzene rings is 2. The predicted octanol–water partition coefficient (Wildman–Crippen LogP) is 4.27. The molecule has 3 aromatic rings. The smallest absolute Gasteiger partial charge is 0.336 e. The van der Waals surface area contributed by atoms with Crippen LogP contribution in [0.5, 0.6) is 5.75 Å². The Morgan fingerprint density at radius 1 is 1.06 bits per heavy atom. The number of sulfonamides is 1. The molecular weight excluding hydrogens is 442 g/mol. The number of ether oxygens (including phenoxy) is 1. The quantitative estimate of drug-likeness (QED) is 0.299. The van der Waals surface area contributed by atoms with Gasteiger partial charge < -0.3 is 9.15 Å². The molecule has 0 radical (unpaired) electrons. The standard InChI is InChI=1S/C25H29NO6S/c1-6-17(5)24(26-33(29,30)19-10-8-15(3)9-11-19)25(28)32-21-13-16(4)12-20-23(21)18(7-2)14-22(27)31-20/h8-14,17,24,26H,6-7H2,1-5H3/t17-,24+/m1/s1. The summed E-state index contributed by atoms with van der Waals surface area (Å²) in [6.45, 7) is 9.20. The van der Waals surface area contributed by atoms with E-state index in [0.717, 1.165) is 11.1 Å². The molecule has 0 aliphatic heterocycles. The van der Waals surface area contributed by atoms with E-state index in [4.69, 9.17) is 9.15 Å². The molecule has 7 nitrogen and oxygen atoms in total. The van der Waals surface area contributed by atoms with Crippen molar-refractivity contribution in [1.29, 1.82) is 0 Å². The van der Waals surface area contributed by atoms with Crippen molar-refractivity contribution in [3.05, 3.63) is 69.6 Å². The van der Waals surface area contributed by atoms with Crippen LogP contribution in [0.25, 0.3) is 11.0 Å². The third kappa shape index (κ3) is 5.51. The molecule has 0 aliphatic rings. The monoisotopic (exact) mass is 471 g/mol. The molecule has 8 heteroatoms. The fourth-order valence-electron chi connectivity index (χ4n) is 3.59. The summed E-state index contributed by atoms with van der Waals surface area (Å²) >= 11 is 0. The molecule has 0 fully saturated rings. The highest BCUT2D eigenvalue weighted by molar-refractivity contribution is 7.89. The van der Waals surface area contributed by atoms with Gasteiger partial charge in [0.15, 0.2) is 0 Å². The topological polar surface area (TPSA) is 103 Å². The van der Waals surface area contributed by atoms with E-state index in [1.54, 1.807) is 38.1 Å². The number of esters is 1. The first kappa shape index (κ1) is 24.7. The average Bonchev–Trinajstić information content (AvgIpc) is 2.76. The molecule has 33 heavy (non-hydrogen) atoms. The van der Waals surface area contributed by atoms with Crippen LogP contribution in [-0.4, -0.2) is 20.4 Å². The highest BCUT2D eigenvalue weighted by Gasteiger charge is 2.32. The molecular formula is C25H29NO6S. The van der Waals surface area contributed by atoms with Crippen molar-refractivity contribution in [2.75, 3.05) is 0 Å². The van der Waals surface area contributed by atoms with E-state index < -0.39 is 27.7 Å². The lowest BCUT2D eigenvalue weighted by Gasteiger charge is -2.23. The van der Waals surface area contributed by atoms with Gasteiger partial charge >= 0.3 is 11.6 Å². The maximum Gasteiger partial charge on any atom is 0.336 e. The third-order valence-electron chi connectivity index (χ3n) is 5.71. The highest BCUT2D eigenvalue weighted by atomic mass is 32.2. The van der Waals surface area contributed by atoms with E-state index in [0.29, 0.717) is 29.4 Å². The second kappa shape index (κ2) is 9.89. The predicted molar refractivity (Wildman–Crippen MR) is 127 cm³/mol. The Kier molecular flexibility index (Phi) is 7.39. The van der Waals surface area contributed by atoms with Crippen LogP contribution < -0.4 is 15.1 Å². The van der Waals surface area contributed by atoms with Gasteiger partial charge in [-0.05, 0) is 61.6 Å². The first-order chi connectivity index (χ1) is 15.6. The zero-order chi connectivity index (χ0) is 24.3. The van der Waals surface area contributed by atoms with E-state index in [1.165, 1.54) is 18.2 Å². The zero-order valence-electron chi connectivity index (χ0n) is 19.5. The summed E-state index contributed by atoms with van der Waals surface area (Å²) in [5.41, 5.74) is 2.19. The molecule has 0 unspecified atom stereocenters. The van der Waals surface area contributed by atoms with Crippen molar-refractivity contribution in [3.63, 3.8) is 0 Å². The lowest BCUT2D eigenvalue weighted by molar-refractivity contribution is -0.137. The number of hydrogen-bond donors (Lipinski definition) is 1. The molecule has 0 amide bonds. The minimum atomic E-state index is -3.95. The van der Waals surface area contributed by atoms with Crippen molar-refractivity contribution in [2.24, 2.45) is 5.92 Å². The second-order valence-electron chi connectivity index (χ2n) is 8.30. The first-order valence-corrected chi connectivity index (χ1v) is 12.4. The SMILES string of the molecule is CCc1cc(=O)oc2cc(C)cc(OC(=O)[C@@H](NS(=O)(=O)c3ccc(C)cc3)[C@H](C)CC)c12. The van der Waals surface area contributed by atoms with E-state index in [9.17, 15) is 18.0 Å². The van der Waals surface area contributed by atoms with Crippen LogP contribution in [-0.2, 0) is 21.2 Å². The van der Waals surface area contributed by atoms with Gasteiger partial charge in [0.05, 0.1) is 10.3 Å². The van der Waals surface area contributed by atoms with Gasteiger partial charge in [0.1, 0.15) is 17.4 Å². The van der Waals surface area contributed by atoms with Gasteiger partial charge in [0.2, 0.25) is 10.0 Å². The largest absolute Gasteiger partial charge is 0.425 e. The Hall–Kier alpha value is -2.97. The Labute approximate surface area is 193 Å².